The molecule has 0 fully saturated rings. The van der Waals surface area contributed by atoms with Crippen molar-refractivity contribution in [2.75, 3.05) is 13.1 Å². The number of hydrogen-bond donors (Lipinski definition) is 2. The minimum Gasteiger partial charge on any atom is -0.370 e. The summed E-state index contributed by atoms with van der Waals surface area (Å²) in [7, 11) is 0. The van der Waals surface area contributed by atoms with Crippen molar-refractivity contribution in [2.24, 2.45) is 16.6 Å². The van der Waals surface area contributed by atoms with Crippen LogP contribution in [-0.4, -0.2) is 28.6 Å². The summed E-state index contributed by atoms with van der Waals surface area (Å²) in [6, 6.07) is 0. The molecule has 0 spiro atoms. The first-order valence-corrected chi connectivity index (χ1v) is 6.61. The fraction of sp³-hybridized carbons (Fsp3) is 0.692. The van der Waals surface area contributed by atoms with Crippen LogP contribution in [0.3, 0.4) is 0 Å². The molecule has 0 radical (unpaired) electrons. The van der Waals surface area contributed by atoms with Gasteiger partial charge in [-0.05, 0) is 25.7 Å². The van der Waals surface area contributed by atoms with Gasteiger partial charge < -0.3 is 15.6 Å². The number of aliphatic imine (C=N–C) groups is 1. The molecular formula is C13H25N5. The maximum Gasteiger partial charge on any atom is 0.188 e. The molecule has 1 rings (SSSR count). The maximum atomic E-state index is 5.75. The van der Waals surface area contributed by atoms with Gasteiger partial charge in [0.05, 0.1) is 0 Å². The molecule has 0 saturated heterocycles. The van der Waals surface area contributed by atoms with Crippen molar-refractivity contribution in [3.05, 3.63) is 18.2 Å². The minimum absolute atomic E-state index is 0.551. The van der Waals surface area contributed by atoms with Gasteiger partial charge in [0.1, 0.15) is 5.82 Å². The summed E-state index contributed by atoms with van der Waals surface area (Å²) >= 11 is 0. The van der Waals surface area contributed by atoms with Crippen LogP contribution in [0.25, 0.3) is 0 Å². The smallest absolute Gasteiger partial charge is 0.188 e. The SMILES string of the molecule is Cc1nccn1CCCCNC(N)=NCC(C)C. The molecule has 1 heterocycles. The number of imidazole rings is 1. The Bertz CT molecular complexity index is 367. The van der Waals surface area contributed by atoms with Crippen molar-refractivity contribution in [3.63, 3.8) is 0 Å². The van der Waals surface area contributed by atoms with Crippen molar-refractivity contribution in [1.82, 2.24) is 14.9 Å². The first-order valence-electron chi connectivity index (χ1n) is 6.61. The Labute approximate surface area is 110 Å². The monoisotopic (exact) mass is 251 g/mol. The zero-order valence-corrected chi connectivity index (χ0v) is 11.7. The number of aromatic nitrogens is 2. The number of guanidine groups is 1. The highest BCUT2D eigenvalue weighted by molar-refractivity contribution is 5.77. The van der Waals surface area contributed by atoms with Crippen molar-refractivity contribution in [1.29, 1.82) is 0 Å². The number of aryl methyl sites for hydroxylation is 2. The van der Waals surface area contributed by atoms with E-state index in [9.17, 15) is 0 Å². The second kappa shape index (κ2) is 7.74. The number of nitrogens with two attached hydrogens (primary N) is 1. The Kier molecular flexibility index (Phi) is 6.25. The molecule has 0 amide bonds. The molecule has 0 bridgehead atoms. The summed E-state index contributed by atoms with van der Waals surface area (Å²) in [5, 5.41) is 3.14. The highest BCUT2D eigenvalue weighted by Gasteiger charge is 1.97. The first-order chi connectivity index (χ1) is 8.59. The van der Waals surface area contributed by atoms with E-state index >= 15 is 0 Å². The van der Waals surface area contributed by atoms with Crippen LogP contribution in [0.15, 0.2) is 17.4 Å². The van der Waals surface area contributed by atoms with Crippen molar-refractivity contribution >= 4 is 5.96 Å². The Hall–Kier alpha value is -1.52. The maximum absolute atomic E-state index is 5.75. The standard InChI is InChI=1S/C13H25N5/c1-11(2)10-17-13(14)16-6-4-5-8-18-9-7-15-12(18)3/h7,9,11H,4-6,8,10H2,1-3H3,(H3,14,16,17). The summed E-state index contributed by atoms with van der Waals surface area (Å²) in [4.78, 5) is 8.45. The van der Waals surface area contributed by atoms with Crippen LogP contribution in [0, 0.1) is 12.8 Å². The summed E-state index contributed by atoms with van der Waals surface area (Å²) < 4.78 is 2.16. The van der Waals surface area contributed by atoms with Crippen molar-refractivity contribution in [2.45, 2.75) is 40.2 Å². The number of rotatable bonds is 7. The highest BCUT2D eigenvalue weighted by Crippen LogP contribution is 1.99. The number of nitrogens with zero attached hydrogens (tertiary/aromatic N) is 3. The van der Waals surface area contributed by atoms with E-state index in [1.807, 2.05) is 19.3 Å². The fourth-order valence-corrected chi connectivity index (χ4v) is 1.60. The Morgan fingerprint density at radius 1 is 1.50 bits per heavy atom. The van der Waals surface area contributed by atoms with Crippen LogP contribution >= 0.6 is 0 Å². The summed E-state index contributed by atoms with van der Waals surface area (Å²) in [5.74, 6) is 2.18. The molecule has 18 heavy (non-hydrogen) atoms. The van der Waals surface area contributed by atoms with E-state index in [1.165, 1.54) is 0 Å². The third kappa shape index (κ3) is 5.70. The lowest BCUT2D eigenvalue weighted by molar-refractivity contribution is 0.589. The summed E-state index contributed by atoms with van der Waals surface area (Å²) in [5.41, 5.74) is 5.75. The Balaban J connectivity index is 2.08. The second-order valence-electron chi connectivity index (χ2n) is 4.92. The normalized spacial score (nSPS) is 12.1. The number of nitrogens with one attached hydrogen (secondary N) is 1. The molecule has 5 nitrogen and oxygen atoms in total. The molecule has 0 atom stereocenters. The molecule has 0 aromatic carbocycles. The van der Waals surface area contributed by atoms with E-state index in [0.29, 0.717) is 11.9 Å². The Morgan fingerprint density at radius 2 is 2.28 bits per heavy atom. The molecule has 1 aromatic heterocycles. The zero-order valence-electron chi connectivity index (χ0n) is 11.7. The lowest BCUT2D eigenvalue weighted by atomic mass is 10.2. The van der Waals surface area contributed by atoms with Crippen LogP contribution in [0.1, 0.15) is 32.5 Å². The molecule has 0 unspecified atom stereocenters. The first kappa shape index (κ1) is 14.5. The molecule has 1 aromatic rings. The van der Waals surface area contributed by atoms with Gasteiger partial charge in [-0.2, -0.15) is 0 Å². The van der Waals surface area contributed by atoms with E-state index in [1.54, 1.807) is 0 Å². The van der Waals surface area contributed by atoms with Crippen LogP contribution < -0.4 is 11.1 Å². The number of unbranched alkanes of at least 4 members (excludes halogenated alkanes) is 1. The van der Waals surface area contributed by atoms with Crippen molar-refractivity contribution in [3.8, 4) is 0 Å². The van der Waals surface area contributed by atoms with Gasteiger partial charge in [-0.15, -0.1) is 0 Å². The fourth-order valence-electron chi connectivity index (χ4n) is 1.60. The molecule has 0 aliphatic rings. The quantitative estimate of drug-likeness (QED) is 0.439. The van der Waals surface area contributed by atoms with Gasteiger partial charge >= 0.3 is 0 Å². The molecule has 0 saturated carbocycles. The molecular weight excluding hydrogens is 226 g/mol. The van der Waals surface area contributed by atoms with Gasteiger partial charge in [-0.1, -0.05) is 13.8 Å². The summed E-state index contributed by atoms with van der Waals surface area (Å²) in [6.07, 6.45) is 6.04. The Morgan fingerprint density at radius 3 is 2.89 bits per heavy atom. The van der Waals surface area contributed by atoms with Crippen LogP contribution in [0.2, 0.25) is 0 Å². The van der Waals surface area contributed by atoms with E-state index < -0.39 is 0 Å². The topological polar surface area (TPSA) is 68.2 Å². The van der Waals surface area contributed by atoms with Gasteiger partial charge in [0.2, 0.25) is 0 Å². The lowest BCUT2D eigenvalue weighted by Gasteiger charge is -2.07. The van der Waals surface area contributed by atoms with Crippen LogP contribution in [0.5, 0.6) is 0 Å². The molecule has 0 aliphatic carbocycles. The van der Waals surface area contributed by atoms with Gasteiger partial charge in [-0.25, -0.2) is 4.98 Å². The minimum atomic E-state index is 0.551. The molecule has 0 aliphatic heterocycles. The average Bonchev–Trinajstić information content (AvgIpc) is 2.72. The third-order valence-electron chi connectivity index (χ3n) is 2.68. The van der Waals surface area contributed by atoms with Gasteiger partial charge in [0.25, 0.3) is 0 Å². The highest BCUT2D eigenvalue weighted by atomic mass is 15.1. The van der Waals surface area contributed by atoms with Crippen molar-refractivity contribution < 1.29 is 0 Å². The largest absolute Gasteiger partial charge is 0.370 e. The second-order valence-corrected chi connectivity index (χ2v) is 4.92. The zero-order chi connectivity index (χ0) is 13.4. The van der Waals surface area contributed by atoms with Gasteiger partial charge in [0.15, 0.2) is 5.96 Å². The van der Waals surface area contributed by atoms with E-state index in [0.717, 1.165) is 38.3 Å². The van der Waals surface area contributed by atoms with Gasteiger partial charge in [-0.3, -0.25) is 4.99 Å². The van der Waals surface area contributed by atoms with E-state index in [4.69, 9.17) is 5.73 Å². The molecule has 5 heteroatoms. The van der Waals surface area contributed by atoms with Crippen LogP contribution in [-0.2, 0) is 6.54 Å². The summed E-state index contributed by atoms with van der Waals surface area (Å²) in [6.45, 7) is 8.95. The number of hydrogen-bond acceptors (Lipinski definition) is 2. The lowest BCUT2D eigenvalue weighted by Crippen LogP contribution is -2.32. The predicted molar refractivity (Wildman–Crippen MR) is 75.5 cm³/mol. The van der Waals surface area contributed by atoms with Gasteiger partial charge in [0, 0.05) is 32.0 Å². The molecule has 102 valence electrons. The average molecular weight is 251 g/mol. The predicted octanol–water partition coefficient (Wildman–Crippen LogP) is 1.53. The molecule has 3 N–H and O–H groups in total. The third-order valence-corrected chi connectivity index (χ3v) is 2.68. The van der Waals surface area contributed by atoms with E-state index in [2.05, 4.69) is 33.7 Å². The van der Waals surface area contributed by atoms with E-state index in [-0.39, 0.29) is 0 Å². The van der Waals surface area contributed by atoms with Crippen LogP contribution in [0.4, 0.5) is 0 Å².